The summed E-state index contributed by atoms with van der Waals surface area (Å²) in [6, 6.07) is 9.66. The zero-order valence-corrected chi connectivity index (χ0v) is 20.4. The molecule has 1 unspecified atom stereocenters. The molecule has 0 saturated carbocycles. The van der Waals surface area contributed by atoms with Gasteiger partial charge in [-0.3, -0.25) is 0 Å². The number of aromatic nitrogens is 3. The molecule has 2 aliphatic heterocycles. The smallest absolute Gasteiger partial charge is 0.227 e. The second-order valence-corrected chi connectivity index (χ2v) is 9.57. The molecule has 2 aliphatic rings. The summed E-state index contributed by atoms with van der Waals surface area (Å²) in [5.41, 5.74) is 2.99. The number of ether oxygens (including phenoxy) is 2. The number of nitrogens with one attached hydrogen (secondary N) is 2. The number of pyridine rings is 1. The fraction of sp³-hybridized carbons (Fsp3) is 0.423. The quantitative estimate of drug-likeness (QED) is 0.473. The predicted molar refractivity (Wildman–Crippen MR) is 136 cm³/mol. The average molecular weight is 477 g/mol. The number of benzene rings is 1. The van der Waals surface area contributed by atoms with Crippen molar-refractivity contribution in [1.29, 1.82) is 0 Å². The SMILES string of the molecule is COc1cc(OC2CCN(C)CC2)ccc1Nc1nccc(-c2cnc3c(c2)C(C)(CO)CN3)n1. The Morgan fingerprint density at radius 1 is 1.20 bits per heavy atom. The van der Waals surface area contributed by atoms with E-state index in [0.29, 0.717) is 18.2 Å². The Bertz CT molecular complexity index is 1200. The molecule has 9 nitrogen and oxygen atoms in total. The predicted octanol–water partition coefficient (Wildman–Crippen LogP) is 3.44. The van der Waals surface area contributed by atoms with Crippen molar-refractivity contribution in [3.05, 3.63) is 48.3 Å². The first-order valence-electron chi connectivity index (χ1n) is 12.0. The number of nitrogens with zero attached hydrogens (tertiary/aromatic N) is 4. The van der Waals surface area contributed by atoms with Gasteiger partial charge in [0.25, 0.3) is 0 Å². The van der Waals surface area contributed by atoms with Crippen molar-refractivity contribution < 1.29 is 14.6 Å². The number of rotatable bonds is 7. The van der Waals surface area contributed by atoms with Gasteiger partial charge in [0.05, 0.1) is 25.1 Å². The zero-order valence-electron chi connectivity index (χ0n) is 20.4. The summed E-state index contributed by atoms with van der Waals surface area (Å²) in [5.74, 6) is 2.72. The Kier molecular flexibility index (Phi) is 6.44. The highest BCUT2D eigenvalue weighted by molar-refractivity contribution is 5.69. The van der Waals surface area contributed by atoms with Crippen molar-refractivity contribution in [1.82, 2.24) is 19.9 Å². The van der Waals surface area contributed by atoms with Gasteiger partial charge in [-0.05, 0) is 44.2 Å². The number of piperidine rings is 1. The van der Waals surface area contributed by atoms with Crippen LogP contribution in [0.15, 0.2) is 42.7 Å². The molecule has 5 rings (SSSR count). The van der Waals surface area contributed by atoms with E-state index in [1.807, 2.05) is 37.3 Å². The van der Waals surface area contributed by atoms with Crippen LogP contribution in [0, 0.1) is 0 Å². The van der Waals surface area contributed by atoms with Gasteiger partial charge in [0.1, 0.15) is 23.4 Å². The van der Waals surface area contributed by atoms with E-state index in [1.54, 1.807) is 19.5 Å². The van der Waals surface area contributed by atoms with Crippen molar-refractivity contribution in [2.75, 3.05) is 51.0 Å². The molecule has 0 aliphatic carbocycles. The number of methoxy groups -OCH3 is 1. The molecule has 1 atom stereocenters. The van der Waals surface area contributed by atoms with Crippen LogP contribution >= 0.6 is 0 Å². The second kappa shape index (κ2) is 9.67. The van der Waals surface area contributed by atoms with E-state index in [9.17, 15) is 5.11 Å². The van der Waals surface area contributed by atoms with E-state index in [-0.39, 0.29) is 18.1 Å². The van der Waals surface area contributed by atoms with Gasteiger partial charge in [0.15, 0.2) is 0 Å². The van der Waals surface area contributed by atoms with Crippen LogP contribution < -0.4 is 20.1 Å². The molecule has 9 heteroatoms. The van der Waals surface area contributed by atoms with E-state index in [1.165, 1.54) is 0 Å². The summed E-state index contributed by atoms with van der Waals surface area (Å²) in [6.45, 7) is 4.82. The lowest BCUT2D eigenvalue weighted by molar-refractivity contribution is 0.114. The highest BCUT2D eigenvalue weighted by atomic mass is 16.5. The number of hydrogen-bond donors (Lipinski definition) is 3. The molecule has 184 valence electrons. The molecule has 2 aromatic heterocycles. The summed E-state index contributed by atoms with van der Waals surface area (Å²) in [6.07, 6.45) is 5.76. The number of hydrogen-bond acceptors (Lipinski definition) is 9. The molecule has 1 saturated heterocycles. The van der Waals surface area contributed by atoms with Crippen LogP contribution in [0.3, 0.4) is 0 Å². The Morgan fingerprint density at radius 3 is 2.80 bits per heavy atom. The Hall–Kier alpha value is -3.43. The molecule has 0 radical (unpaired) electrons. The summed E-state index contributed by atoms with van der Waals surface area (Å²) < 4.78 is 11.8. The molecule has 0 bridgehead atoms. The maximum atomic E-state index is 9.89. The van der Waals surface area contributed by atoms with Crippen LogP contribution in [0.4, 0.5) is 17.5 Å². The number of anilines is 3. The fourth-order valence-corrected chi connectivity index (χ4v) is 4.56. The van der Waals surface area contributed by atoms with Crippen molar-refractivity contribution >= 4 is 17.5 Å². The van der Waals surface area contributed by atoms with Gasteiger partial charge < -0.3 is 30.1 Å². The lowest BCUT2D eigenvalue weighted by atomic mass is 9.85. The van der Waals surface area contributed by atoms with E-state index < -0.39 is 0 Å². The van der Waals surface area contributed by atoms with Gasteiger partial charge >= 0.3 is 0 Å². The Labute approximate surface area is 205 Å². The van der Waals surface area contributed by atoms with Crippen molar-refractivity contribution in [3.63, 3.8) is 0 Å². The third-order valence-electron chi connectivity index (χ3n) is 6.87. The first-order valence-corrected chi connectivity index (χ1v) is 12.0. The minimum atomic E-state index is -0.364. The van der Waals surface area contributed by atoms with E-state index in [4.69, 9.17) is 14.5 Å². The molecule has 1 aromatic carbocycles. The molecular formula is C26H32N6O3. The summed E-state index contributed by atoms with van der Waals surface area (Å²) >= 11 is 0. The van der Waals surface area contributed by atoms with Gasteiger partial charge in [0.2, 0.25) is 5.95 Å². The normalized spacial score (nSPS) is 20.2. The third kappa shape index (κ3) is 4.87. The van der Waals surface area contributed by atoms with Crippen LogP contribution in [-0.2, 0) is 5.41 Å². The van der Waals surface area contributed by atoms with E-state index in [2.05, 4.69) is 32.5 Å². The van der Waals surface area contributed by atoms with Crippen LogP contribution in [0.2, 0.25) is 0 Å². The average Bonchev–Trinajstić information content (AvgIpc) is 3.23. The first-order chi connectivity index (χ1) is 17.0. The number of fused-ring (bicyclic) bond motifs is 1. The highest BCUT2D eigenvalue weighted by Gasteiger charge is 2.35. The summed E-state index contributed by atoms with van der Waals surface area (Å²) in [4.78, 5) is 16.0. The maximum absolute atomic E-state index is 9.89. The highest BCUT2D eigenvalue weighted by Crippen LogP contribution is 2.37. The van der Waals surface area contributed by atoms with Gasteiger partial charge in [-0.15, -0.1) is 0 Å². The van der Waals surface area contributed by atoms with Crippen LogP contribution in [0.1, 0.15) is 25.3 Å². The van der Waals surface area contributed by atoms with Crippen LogP contribution in [-0.4, -0.2) is 71.5 Å². The lowest BCUT2D eigenvalue weighted by Crippen LogP contribution is -2.35. The maximum Gasteiger partial charge on any atom is 0.227 e. The molecule has 3 aromatic rings. The molecule has 0 amide bonds. The van der Waals surface area contributed by atoms with E-state index in [0.717, 1.165) is 60.0 Å². The van der Waals surface area contributed by atoms with Gasteiger partial charge in [-0.2, -0.15) is 0 Å². The first kappa shape index (κ1) is 23.3. The summed E-state index contributed by atoms with van der Waals surface area (Å²) in [7, 11) is 3.78. The van der Waals surface area contributed by atoms with Crippen molar-refractivity contribution in [3.8, 4) is 22.8 Å². The summed E-state index contributed by atoms with van der Waals surface area (Å²) in [5, 5.41) is 16.4. The molecule has 0 spiro atoms. The molecule has 35 heavy (non-hydrogen) atoms. The van der Waals surface area contributed by atoms with Crippen molar-refractivity contribution in [2.45, 2.75) is 31.3 Å². The van der Waals surface area contributed by atoms with Gasteiger partial charge in [-0.1, -0.05) is 6.92 Å². The Balaban J connectivity index is 1.34. The largest absolute Gasteiger partial charge is 0.494 e. The van der Waals surface area contributed by atoms with Gasteiger partial charge in [-0.25, -0.2) is 15.0 Å². The minimum Gasteiger partial charge on any atom is -0.494 e. The molecule has 4 heterocycles. The third-order valence-corrected chi connectivity index (χ3v) is 6.87. The van der Waals surface area contributed by atoms with Crippen LogP contribution in [0.25, 0.3) is 11.3 Å². The molecule has 3 N–H and O–H groups in total. The lowest BCUT2D eigenvalue weighted by Gasteiger charge is -2.29. The minimum absolute atomic E-state index is 0.0476. The molecule has 1 fully saturated rings. The standard InChI is InChI=1S/C26H32N6O3/c1-26(16-33)15-29-24-20(26)12-17(14-28-24)21-6-9-27-25(30-21)31-22-5-4-19(13-23(22)34-3)35-18-7-10-32(2)11-8-18/h4-6,9,12-14,18,33H,7-8,10-11,15-16H2,1-3H3,(H,28,29)(H,27,30,31). The second-order valence-electron chi connectivity index (χ2n) is 9.57. The topological polar surface area (TPSA) is 105 Å². The van der Waals surface area contributed by atoms with Crippen LogP contribution in [0.5, 0.6) is 11.5 Å². The fourth-order valence-electron chi connectivity index (χ4n) is 4.56. The van der Waals surface area contributed by atoms with E-state index >= 15 is 0 Å². The molecular weight excluding hydrogens is 444 g/mol. The Morgan fingerprint density at radius 2 is 2.03 bits per heavy atom. The number of aliphatic hydroxyl groups is 1. The van der Waals surface area contributed by atoms with Gasteiger partial charge in [0, 0.05) is 54.6 Å². The van der Waals surface area contributed by atoms with Crippen molar-refractivity contribution in [2.24, 2.45) is 0 Å². The number of aliphatic hydroxyl groups excluding tert-OH is 1. The monoisotopic (exact) mass is 476 g/mol. The zero-order chi connectivity index (χ0) is 24.4. The number of likely N-dealkylation sites (tertiary alicyclic amines) is 1.